The fourth-order valence-electron chi connectivity index (χ4n) is 2.21. The molecule has 0 fully saturated rings. The molecule has 3 N–H and O–H groups in total. The Morgan fingerprint density at radius 2 is 1.94 bits per heavy atom. The van der Waals surface area contributed by atoms with Gasteiger partial charge in [0.25, 0.3) is 0 Å². The van der Waals surface area contributed by atoms with Gasteiger partial charge in [-0.2, -0.15) is 0 Å². The lowest BCUT2D eigenvalue weighted by Gasteiger charge is -2.24. The molecule has 0 aliphatic heterocycles. The predicted octanol–water partition coefficient (Wildman–Crippen LogP) is 3.65. The zero-order valence-electron chi connectivity index (χ0n) is 11.6. The van der Waals surface area contributed by atoms with Gasteiger partial charge < -0.3 is 15.8 Å². The van der Waals surface area contributed by atoms with E-state index in [1.165, 1.54) is 13.2 Å². The van der Waals surface area contributed by atoms with Crippen LogP contribution in [0.15, 0.2) is 12.1 Å². The summed E-state index contributed by atoms with van der Waals surface area (Å²) in [5.74, 6) is 0.347. The fourth-order valence-corrected chi connectivity index (χ4v) is 2.21. The summed E-state index contributed by atoms with van der Waals surface area (Å²) in [6.07, 6.45) is 2.20. The standard InChI is InChI=1S/C14H23FN2O/c1-5-10(6-2)9(3)17-13-8-14(18-4)11(15)7-12(13)16/h7-10,17H,5-6,16H2,1-4H3. The van der Waals surface area contributed by atoms with Crippen LogP contribution in [-0.4, -0.2) is 13.2 Å². The second-order valence-electron chi connectivity index (χ2n) is 4.58. The summed E-state index contributed by atoms with van der Waals surface area (Å²) in [6.45, 7) is 6.45. The number of methoxy groups -OCH3 is 1. The van der Waals surface area contributed by atoms with E-state index in [0.29, 0.717) is 11.6 Å². The number of hydrogen-bond acceptors (Lipinski definition) is 3. The Hall–Kier alpha value is -1.45. The van der Waals surface area contributed by atoms with Crippen molar-refractivity contribution in [3.8, 4) is 5.75 Å². The van der Waals surface area contributed by atoms with Crippen molar-refractivity contribution in [2.24, 2.45) is 5.92 Å². The summed E-state index contributed by atoms with van der Waals surface area (Å²) in [4.78, 5) is 0. The van der Waals surface area contributed by atoms with Gasteiger partial charge in [-0.15, -0.1) is 0 Å². The van der Waals surface area contributed by atoms with Crippen LogP contribution in [0.1, 0.15) is 33.6 Å². The van der Waals surface area contributed by atoms with Crippen LogP contribution in [0.2, 0.25) is 0 Å². The van der Waals surface area contributed by atoms with Crippen LogP contribution in [0.5, 0.6) is 5.75 Å². The van der Waals surface area contributed by atoms with Gasteiger partial charge in [0, 0.05) is 18.2 Å². The van der Waals surface area contributed by atoms with E-state index >= 15 is 0 Å². The number of ether oxygens (including phenoxy) is 1. The maximum atomic E-state index is 13.4. The first kappa shape index (κ1) is 14.6. The number of rotatable bonds is 6. The van der Waals surface area contributed by atoms with Crippen molar-refractivity contribution in [1.29, 1.82) is 0 Å². The summed E-state index contributed by atoms with van der Waals surface area (Å²) < 4.78 is 18.4. The van der Waals surface area contributed by atoms with Gasteiger partial charge in [0.1, 0.15) is 0 Å². The van der Waals surface area contributed by atoms with Gasteiger partial charge in [0.05, 0.1) is 18.5 Å². The average Bonchev–Trinajstić information content (AvgIpc) is 2.34. The molecule has 0 amide bonds. The first-order chi connectivity index (χ1) is 8.53. The molecule has 18 heavy (non-hydrogen) atoms. The molecule has 0 bridgehead atoms. The molecule has 0 aromatic heterocycles. The topological polar surface area (TPSA) is 47.3 Å². The largest absolute Gasteiger partial charge is 0.494 e. The van der Waals surface area contributed by atoms with Gasteiger partial charge in [0.15, 0.2) is 11.6 Å². The molecule has 0 spiro atoms. The molecule has 0 heterocycles. The Bertz CT molecular complexity index is 392. The molecule has 0 saturated carbocycles. The molecule has 4 heteroatoms. The van der Waals surface area contributed by atoms with E-state index in [4.69, 9.17) is 10.5 Å². The maximum absolute atomic E-state index is 13.4. The molecule has 0 aliphatic rings. The molecule has 1 unspecified atom stereocenters. The van der Waals surface area contributed by atoms with E-state index in [9.17, 15) is 4.39 Å². The first-order valence-corrected chi connectivity index (χ1v) is 6.42. The van der Waals surface area contributed by atoms with E-state index in [2.05, 4.69) is 26.1 Å². The van der Waals surface area contributed by atoms with Gasteiger partial charge in [-0.1, -0.05) is 26.7 Å². The second-order valence-corrected chi connectivity index (χ2v) is 4.58. The minimum Gasteiger partial charge on any atom is -0.494 e. The van der Waals surface area contributed by atoms with Crippen molar-refractivity contribution in [1.82, 2.24) is 0 Å². The first-order valence-electron chi connectivity index (χ1n) is 6.42. The summed E-state index contributed by atoms with van der Waals surface area (Å²) in [5, 5.41) is 3.34. The van der Waals surface area contributed by atoms with Crippen LogP contribution in [0.3, 0.4) is 0 Å². The van der Waals surface area contributed by atoms with E-state index in [0.717, 1.165) is 18.5 Å². The van der Waals surface area contributed by atoms with Gasteiger partial charge in [-0.25, -0.2) is 4.39 Å². The zero-order chi connectivity index (χ0) is 13.7. The number of benzene rings is 1. The van der Waals surface area contributed by atoms with Crippen LogP contribution in [0, 0.1) is 11.7 Å². The fraction of sp³-hybridized carbons (Fsp3) is 0.571. The van der Waals surface area contributed by atoms with Crippen LogP contribution < -0.4 is 15.8 Å². The van der Waals surface area contributed by atoms with Crippen molar-refractivity contribution < 1.29 is 9.13 Å². The SMILES string of the molecule is CCC(CC)C(C)Nc1cc(OC)c(F)cc1N. The molecule has 1 rings (SSSR count). The number of nitrogens with one attached hydrogen (secondary N) is 1. The van der Waals surface area contributed by atoms with Crippen molar-refractivity contribution in [2.75, 3.05) is 18.2 Å². The van der Waals surface area contributed by atoms with E-state index < -0.39 is 5.82 Å². The highest BCUT2D eigenvalue weighted by Crippen LogP contribution is 2.29. The molecule has 0 saturated heterocycles. The van der Waals surface area contributed by atoms with Gasteiger partial charge >= 0.3 is 0 Å². The van der Waals surface area contributed by atoms with Gasteiger partial charge in [0.2, 0.25) is 0 Å². The number of nitrogens with two attached hydrogens (primary N) is 1. The average molecular weight is 254 g/mol. The summed E-state index contributed by atoms with van der Waals surface area (Å²) in [5.41, 5.74) is 6.96. The highest BCUT2D eigenvalue weighted by molar-refractivity contribution is 5.69. The van der Waals surface area contributed by atoms with E-state index in [1.54, 1.807) is 6.07 Å². The number of anilines is 2. The van der Waals surface area contributed by atoms with Crippen LogP contribution >= 0.6 is 0 Å². The minimum atomic E-state index is -0.435. The van der Waals surface area contributed by atoms with Gasteiger partial charge in [-0.05, 0) is 12.8 Å². The molecule has 3 nitrogen and oxygen atoms in total. The maximum Gasteiger partial charge on any atom is 0.167 e. The third-order valence-electron chi connectivity index (χ3n) is 3.46. The number of hydrogen-bond donors (Lipinski definition) is 2. The minimum absolute atomic E-state index is 0.212. The lowest BCUT2D eigenvalue weighted by molar-refractivity contribution is 0.386. The lowest BCUT2D eigenvalue weighted by Crippen LogP contribution is -2.25. The Labute approximate surface area is 109 Å². The van der Waals surface area contributed by atoms with Crippen molar-refractivity contribution in [3.05, 3.63) is 17.9 Å². The van der Waals surface area contributed by atoms with Gasteiger partial charge in [-0.3, -0.25) is 0 Å². The molecular formula is C14H23FN2O. The van der Waals surface area contributed by atoms with Crippen LogP contribution in [0.25, 0.3) is 0 Å². The van der Waals surface area contributed by atoms with E-state index in [1.807, 2.05) is 0 Å². The number of halogens is 1. The van der Waals surface area contributed by atoms with Crippen molar-refractivity contribution in [3.63, 3.8) is 0 Å². The van der Waals surface area contributed by atoms with Crippen molar-refractivity contribution in [2.45, 2.75) is 39.7 Å². The molecule has 1 atom stereocenters. The quantitative estimate of drug-likeness (QED) is 0.762. The Morgan fingerprint density at radius 1 is 1.33 bits per heavy atom. The normalized spacial score (nSPS) is 12.6. The van der Waals surface area contributed by atoms with Crippen LogP contribution in [-0.2, 0) is 0 Å². The molecule has 102 valence electrons. The smallest absolute Gasteiger partial charge is 0.167 e. The third kappa shape index (κ3) is 3.28. The second kappa shape index (κ2) is 6.47. The Balaban J connectivity index is 2.90. The summed E-state index contributed by atoms with van der Waals surface area (Å²) in [6, 6.07) is 3.20. The summed E-state index contributed by atoms with van der Waals surface area (Å²) in [7, 11) is 1.45. The molecule has 0 aliphatic carbocycles. The molecular weight excluding hydrogens is 231 g/mol. The lowest BCUT2D eigenvalue weighted by atomic mass is 9.95. The molecule has 1 aromatic rings. The Morgan fingerprint density at radius 3 is 2.44 bits per heavy atom. The predicted molar refractivity (Wildman–Crippen MR) is 74.5 cm³/mol. The Kier molecular flexibility index (Phi) is 5.25. The number of nitrogen functional groups attached to an aromatic ring is 1. The molecule has 0 radical (unpaired) electrons. The summed E-state index contributed by atoms with van der Waals surface area (Å²) >= 11 is 0. The monoisotopic (exact) mass is 254 g/mol. The molecule has 1 aromatic carbocycles. The van der Waals surface area contributed by atoms with Crippen molar-refractivity contribution >= 4 is 11.4 Å². The highest BCUT2D eigenvalue weighted by atomic mass is 19.1. The highest BCUT2D eigenvalue weighted by Gasteiger charge is 2.15. The van der Waals surface area contributed by atoms with Crippen LogP contribution in [0.4, 0.5) is 15.8 Å². The third-order valence-corrected chi connectivity index (χ3v) is 3.46. The zero-order valence-corrected chi connectivity index (χ0v) is 11.6. The van der Waals surface area contributed by atoms with E-state index in [-0.39, 0.29) is 11.8 Å².